The summed E-state index contributed by atoms with van der Waals surface area (Å²) in [6, 6.07) is 7.76. The molecule has 0 aliphatic carbocycles. The summed E-state index contributed by atoms with van der Waals surface area (Å²) in [5.74, 6) is 0.390. The molecule has 2 aromatic heterocycles. The normalized spacial score (nSPS) is 17.6. The SMILES string of the molecule is CCN(CC(=O)N[C@@H]1CCS(=O)(=O)C1)Cc1nc2sc(C)c(-c3ccc(C)cc3)c2c(=O)[nH]1. The minimum Gasteiger partial charge on any atom is -0.351 e. The fourth-order valence-corrected chi connectivity index (χ4v) is 6.92. The number of thiophene rings is 1. The first kappa shape index (κ1) is 23.6. The molecule has 1 amide bonds. The van der Waals surface area contributed by atoms with Crippen molar-refractivity contribution in [3.8, 4) is 11.1 Å². The molecule has 4 rings (SSSR count). The number of H-pyrrole nitrogens is 1. The smallest absolute Gasteiger partial charge is 0.260 e. The van der Waals surface area contributed by atoms with Crippen molar-refractivity contribution < 1.29 is 13.2 Å². The lowest BCUT2D eigenvalue weighted by atomic mass is 10.0. The Bertz CT molecular complexity index is 1340. The molecule has 33 heavy (non-hydrogen) atoms. The molecule has 2 N–H and O–H groups in total. The lowest BCUT2D eigenvalue weighted by Gasteiger charge is -2.20. The summed E-state index contributed by atoms with van der Waals surface area (Å²) in [7, 11) is -3.05. The van der Waals surface area contributed by atoms with Crippen LogP contribution >= 0.6 is 11.3 Å². The number of carbonyl (C=O) groups excluding carboxylic acids is 1. The summed E-state index contributed by atoms with van der Waals surface area (Å²) in [5, 5.41) is 3.40. The zero-order valence-electron chi connectivity index (χ0n) is 19.0. The third-order valence-electron chi connectivity index (χ3n) is 5.91. The summed E-state index contributed by atoms with van der Waals surface area (Å²) in [6.45, 7) is 6.94. The van der Waals surface area contributed by atoms with E-state index < -0.39 is 9.84 Å². The van der Waals surface area contributed by atoms with Gasteiger partial charge in [0.2, 0.25) is 5.91 Å². The van der Waals surface area contributed by atoms with Crippen LogP contribution in [-0.4, -0.2) is 59.8 Å². The molecule has 3 heterocycles. The van der Waals surface area contributed by atoms with Crippen molar-refractivity contribution in [1.82, 2.24) is 20.2 Å². The third kappa shape index (κ3) is 5.34. The number of sulfone groups is 1. The Balaban J connectivity index is 1.51. The number of nitrogens with one attached hydrogen (secondary N) is 2. The van der Waals surface area contributed by atoms with Gasteiger partial charge in [-0.1, -0.05) is 36.8 Å². The number of hydrogen-bond donors (Lipinski definition) is 2. The number of aromatic nitrogens is 2. The van der Waals surface area contributed by atoms with Gasteiger partial charge in [0.1, 0.15) is 10.7 Å². The van der Waals surface area contributed by atoms with E-state index in [-0.39, 0.29) is 35.6 Å². The maximum atomic E-state index is 13.0. The number of aromatic amines is 1. The number of amides is 1. The van der Waals surface area contributed by atoms with Gasteiger partial charge in [0.25, 0.3) is 5.56 Å². The Hall–Kier alpha value is -2.56. The van der Waals surface area contributed by atoms with E-state index in [9.17, 15) is 18.0 Å². The quantitative estimate of drug-likeness (QED) is 0.528. The van der Waals surface area contributed by atoms with Crippen LogP contribution in [0, 0.1) is 13.8 Å². The molecule has 3 aromatic rings. The molecule has 0 spiro atoms. The van der Waals surface area contributed by atoms with Crippen LogP contribution < -0.4 is 10.9 Å². The van der Waals surface area contributed by atoms with Gasteiger partial charge >= 0.3 is 0 Å². The Labute approximate surface area is 197 Å². The topological polar surface area (TPSA) is 112 Å². The summed E-state index contributed by atoms with van der Waals surface area (Å²) in [4.78, 5) is 36.6. The number of carbonyl (C=O) groups is 1. The highest BCUT2D eigenvalue weighted by Gasteiger charge is 2.29. The first-order chi connectivity index (χ1) is 15.6. The number of hydrogen-bond acceptors (Lipinski definition) is 7. The highest BCUT2D eigenvalue weighted by molar-refractivity contribution is 7.91. The van der Waals surface area contributed by atoms with Gasteiger partial charge in [-0.15, -0.1) is 11.3 Å². The van der Waals surface area contributed by atoms with Crippen molar-refractivity contribution in [2.45, 2.75) is 39.8 Å². The van der Waals surface area contributed by atoms with Crippen LogP contribution in [0.25, 0.3) is 21.3 Å². The van der Waals surface area contributed by atoms with Gasteiger partial charge in [0.05, 0.1) is 30.0 Å². The van der Waals surface area contributed by atoms with Gasteiger partial charge < -0.3 is 10.3 Å². The highest BCUT2D eigenvalue weighted by atomic mass is 32.2. The molecular formula is C23H28N4O4S2. The molecule has 1 aliphatic rings. The fraction of sp³-hybridized carbons (Fsp3) is 0.435. The van der Waals surface area contributed by atoms with E-state index in [0.29, 0.717) is 35.6 Å². The summed E-state index contributed by atoms with van der Waals surface area (Å²) in [5.41, 5.74) is 2.87. The number of nitrogens with zero attached hydrogens (tertiary/aromatic N) is 2. The van der Waals surface area contributed by atoms with Crippen molar-refractivity contribution in [3.05, 3.63) is 50.9 Å². The summed E-state index contributed by atoms with van der Waals surface area (Å²) >= 11 is 1.49. The van der Waals surface area contributed by atoms with Crippen molar-refractivity contribution >= 4 is 37.3 Å². The maximum absolute atomic E-state index is 13.0. The first-order valence-corrected chi connectivity index (χ1v) is 13.6. The predicted molar refractivity (Wildman–Crippen MR) is 131 cm³/mol. The number of aryl methyl sites for hydroxylation is 2. The van der Waals surface area contributed by atoms with Crippen LogP contribution in [0.5, 0.6) is 0 Å². The molecule has 1 atom stereocenters. The van der Waals surface area contributed by atoms with Crippen LogP contribution in [0.1, 0.15) is 29.6 Å². The number of likely N-dealkylation sites (N-methyl/N-ethyl adjacent to an activating group) is 1. The maximum Gasteiger partial charge on any atom is 0.260 e. The Morgan fingerprint density at radius 3 is 2.64 bits per heavy atom. The number of rotatable bonds is 7. The van der Waals surface area contributed by atoms with Crippen LogP contribution in [-0.2, 0) is 21.2 Å². The van der Waals surface area contributed by atoms with Gasteiger partial charge in [-0.05, 0) is 32.4 Å². The average Bonchev–Trinajstić information content (AvgIpc) is 3.26. The van der Waals surface area contributed by atoms with Crippen LogP contribution in [0.15, 0.2) is 29.1 Å². The molecule has 1 fully saturated rings. The van der Waals surface area contributed by atoms with Crippen LogP contribution in [0.3, 0.4) is 0 Å². The molecule has 10 heteroatoms. The minimum absolute atomic E-state index is 0.00253. The van der Waals surface area contributed by atoms with Crippen molar-refractivity contribution in [2.24, 2.45) is 0 Å². The lowest BCUT2D eigenvalue weighted by molar-refractivity contribution is -0.122. The molecule has 8 nitrogen and oxygen atoms in total. The van der Waals surface area contributed by atoms with Crippen LogP contribution in [0.4, 0.5) is 0 Å². The fourth-order valence-electron chi connectivity index (χ4n) is 4.18. The van der Waals surface area contributed by atoms with Crippen molar-refractivity contribution in [1.29, 1.82) is 0 Å². The second-order valence-corrected chi connectivity index (χ2v) is 12.0. The van der Waals surface area contributed by atoms with E-state index in [1.165, 1.54) is 11.3 Å². The van der Waals surface area contributed by atoms with E-state index in [0.717, 1.165) is 21.6 Å². The van der Waals surface area contributed by atoms with E-state index in [1.54, 1.807) is 0 Å². The van der Waals surface area contributed by atoms with Crippen molar-refractivity contribution in [3.63, 3.8) is 0 Å². The van der Waals surface area contributed by atoms with E-state index in [2.05, 4.69) is 15.3 Å². The highest BCUT2D eigenvalue weighted by Crippen LogP contribution is 2.35. The molecule has 1 aromatic carbocycles. The molecule has 0 radical (unpaired) electrons. The molecule has 0 bridgehead atoms. The molecule has 0 saturated carbocycles. The largest absolute Gasteiger partial charge is 0.351 e. The van der Waals surface area contributed by atoms with E-state index in [4.69, 9.17) is 0 Å². The second kappa shape index (κ2) is 9.36. The molecule has 0 unspecified atom stereocenters. The summed E-state index contributed by atoms with van der Waals surface area (Å²) < 4.78 is 23.2. The Kier molecular flexibility index (Phi) is 6.69. The van der Waals surface area contributed by atoms with Gasteiger partial charge in [-0.3, -0.25) is 14.5 Å². The van der Waals surface area contributed by atoms with Crippen LogP contribution in [0.2, 0.25) is 0 Å². The minimum atomic E-state index is -3.05. The van der Waals surface area contributed by atoms with Gasteiger partial charge in [-0.2, -0.15) is 0 Å². The molecule has 176 valence electrons. The average molecular weight is 489 g/mol. The molecular weight excluding hydrogens is 460 g/mol. The van der Waals surface area contributed by atoms with Gasteiger partial charge in [0.15, 0.2) is 9.84 Å². The van der Waals surface area contributed by atoms with E-state index in [1.807, 2.05) is 49.9 Å². The molecule has 1 saturated heterocycles. The van der Waals surface area contributed by atoms with E-state index >= 15 is 0 Å². The monoisotopic (exact) mass is 488 g/mol. The van der Waals surface area contributed by atoms with Crippen molar-refractivity contribution in [2.75, 3.05) is 24.6 Å². The third-order valence-corrected chi connectivity index (χ3v) is 8.68. The summed E-state index contributed by atoms with van der Waals surface area (Å²) in [6.07, 6.45) is 0.451. The second-order valence-electron chi connectivity index (χ2n) is 8.56. The zero-order valence-corrected chi connectivity index (χ0v) is 20.6. The Morgan fingerprint density at radius 1 is 1.27 bits per heavy atom. The van der Waals surface area contributed by atoms with Gasteiger partial charge in [0, 0.05) is 16.5 Å². The zero-order chi connectivity index (χ0) is 23.8. The molecule has 1 aliphatic heterocycles. The number of fused-ring (bicyclic) bond motifs is 1. The standard InChI is InChI=1S/C23H28N4O4S2/c1-4-27(12-19(28)24-17-9-10-33(30,31)13-17)11-18-25-22(29)21-20(15(3)32-23(21)26-18)16-7-5-14(2)6-8-16/h5-8,17H,4,9-13H2,1-3H3,(H,24,28)(H,25,26,29)/t17-/m1/s1. The first-order valence-electron chi connectivity index (χ1n) is 11.0. The predicted octanol–water partition coefficient (Wildman–Crippen LogP) is 2.39. The van der Waals surface area contributed by atoms with Gasteiger partial charge in [-0.25, -0.2) is 13.4 Å². The Morgan fingerprint density at radius 2 is 2.00 bits per heavy atom. The lowest BCUT2D eigenvalue weighted by Crippen LogP contribution is -2.42. The number of benzene rings is 1.